The van der Waals surface area contributed by atoms with Crippen LogP contribution in [0.1, 0.15) is 42.9 Å². The summed E-state index contributed by atoms with van der Waals surface area (Å²) in [5.41, 5.74) is 6.50. The lowest BCUT2D eigenvalue weighted by Gasteiger charge is -2.18. The summed E-state index contributed by atoms with van der Waals surface area (Å²) in [6.45, 7) is 1.34. The van der Waals surface area contributed by atoms with Crippen LogP contribution >= 0.6 is 0 Å². The third-order valence-electron chi connectivity index (χ3n) is 3.03. The quantitative estimate of drug-likeness (QED) is 0.605. The van der Waals surface area contributed by atoms with Crippen LogP contribution in [-0.4, -0.2) is 24.8 Å². The molecule has 0 aliphatic heterocycles. The van der Waals surface area contributed by atoms with E-state index in [0.29, 0.717) is 6.54 Å². The van der Waals surface area contributed by atoms with Crippen LogP contribution in [0.25, 0.3) is 0 Å². The fourth-order valence-electron chi connectivity index (χ4n) is 1.94. The first kappa shape index (κ1) is 16.0. The van der Waals surface area contributed by atoms with Gasteiger partial charge in [0.05, 0.1) is 0 Å². The highest BCUT2D eigenvalue weighted by Gasteiger charge is 2.12. The lowest BCUT2D eigenvalue weighted by Crippen LogP contribution is -2.29. The number of halogens is 2. The number of hydrogen-bond acceptors (Lipinski definition) is 3. The SMILES string of the molecule is NCC(NCCCCCO)c1cccc(C(F)F)c1. The van der Waals surface area contributed by atoms with Gasteiger partial charge in [0, 0.05) is 24.8 Å². The van der Waals surface area contributed by atoms with Crippen molar-refractivity contribution in [2.75, 3.05) is 19.7 Å². The van der Waals surface area contributed by atoms with Gasteiger partial charge in [-0.15, -0.1) is 0 Å². The summed E-state index contributed by atoms with van der Waals surface area (Å²) < 4.78 is 25.3. The number of nitrogens with two attached hydrogens (primary N) is 1. The van der Waals surface area contributed by atoms with Gasteiger partial charge in [-0.2, -0.15) is 0 Å². The first-order chi connectivity index (χ1) is 9.19. The van der Waals surface area contributed by atoms with E-state index in [1.807, 2.05) is 6.07 Å². The molecule has 5 heteroatoms. The molecule has 1 aromatic rings. The first-order valence-electron chi connectivity index (χ1n) is 6.61. The van der Waals surface area contributed by atoms with Gasteiger partial charge < -0.3 is 16.2 Å². The highest BCUT2D eigenvalue weighted by atomic mass is 19.3. The van der Waals surface area contributed by atoms with E-state index >= 15 is 0 Å². The van der Waals surface area contributed by atoms with Crippen molar-refractivity contribution in [1.82, 2.24) is 5.32 Å². The molecule has 0 bridgehead atoms. The lowest BCUT2D eigenvalue weighted by molar-refractivity contribution is 0.151. The minimum absolute atomic E-state index is 0.0260. The molecule has 0 aromatic heterocycles. The molecule has 3 nitrogen and oxygen atoms in total. The minimum atomic E-state index is -2.46. The van der Waals surface area contributed by atoms with E-state index in [4.69, 9.17) is 10.8 Å². The fraction of sp³-hybridized carbons (Fsp3) is 0.571. The van der Waals surface area contributed by atoms with Gasteiger partial charge >= 0.3 is 0 Å². The zero-order valence-electron chi connectivity index (χ0n) is 11.0. The molecule has 108 valence electrons. The number of alkyl halides is 2. The summed E-state index contributed by atoms with van der Waals surface area (Å²) in [6, 6.07) is 6.26. The molecule has 0 saturated carbocycles. The number of nitrogens with one attached hydrogen (secondary N) is 1. The van der Waals surface area contributed by atoms with Crippen LogP contribution in [0.5, 0.6) is 0 Å². The van der Waals surface area contributed by atoms with Crippen LogP contribution < -0.4 is 11.1 Å². The smallest absolute Gasteiger partial charge is 0.263 e. The molecular formula is C14H22F2N2O. The van der Waals surface area contributed by atoms with Crippen LogP contribution in [0, 0.1) is 0 Å². The largest absolute Gasteiger partial charge is 0.396 e. The second kappa shape index (κ2) is 8.96. The fourth-order valence-corrected chi connectivity index (χ4v) is 1.94. The average Bonchev–Trinajstić information content (AvgIpc) is 2.43. The van der Waals surface area contributed by atoms with Crippen LogP contribution in [0.2, 0.25) is 0 Å². The van der Waals surface area contributed by atoms with Crippen LogP contribution in [-0.2, 0) is 0 Å². The topological polar surface area (TPSA) is 58.3 Å². The number of hydrogen-bond donors (Lipinski definition) is 3. The van der Waals surface area contributed by atoms with E-state index in [1.54, 1.807) is 6.07 Å². The zero-order valence-corrected chi connectivity index (χ0v) is 11.0. The van der Waals surface area contributed by atoms with E-state index < -0.39 is 6.43 Å². The van der Waals surface area contributed by atoms with Gasteiger partial charge in [0.15, 0.2) is 0 Å². The summed E-state index contributed by atoms with van der Waals surface area (Å²) in [4.78, 5) is 0. The van der Waals surface area contributed by atoms with Gasteiger partial charge in [-0.05, 0) is 37.4 Å². The molecule has 0 spiro atoms. The highest BCUT2D eigenvalue weighted by molar-refractivity contribution is 5.27. The number of unbranched alkanes of at least 4 members (excludes halogenated alkanes) is 2. The molecule has 0 amide bonds. The predicted molar refractivity (Wildman–Crippen MR) is 72.1 cm³/mol. The van der Waals surface area contributed by atoms with Crippen molar-refractivity contribution in [3.8, 4) is 0 Å². The Balaban J connectivity index is 2.51. The Morgan fingerprint density at radius 3 is 2.53 bits per heavy atom. The maximum Gasteiger partial charge on any atom is 0.263 e. The molecular weight excluding hydrogens is 250 g/mol. The molecule has 0 aliphatic carbocycles. The van der Waals surface area contributed by atoms with Crippen molar-refractivity contribution in [2.45, 2.75) is 31.7 Å². The van der Waals surface area contributed by atoms with Gasteiger partial charge in [0.1, 0.15) is 0 Å². The second-order valence-corrected chi connectivity index (χ2v) is 4.50. The van der Waals surface area contributed by atoms with Crippen LogP contribution in [0.15, 0.2) is 24.3 Å². The van der Waals surface area contributed by atoms with Gasteiger partial charge in [-0.25, -0.2) is 8.78 Å². The molecule has 0 aliphatic rings. The summed E-state index contributed by atoms with van der Waals surface area (Å²) in [7, 11) is 0. The third-order valence-corrected chi connectivity index (χ3v) is 3.03. The Hall–Kier alpha value is -1.04. The predicted octanol–water partition coefficient (Wildman–Crippen LogP) is 2.38. The van der Waals surface area contributed by atoms with E-state index in [9.17, 15) is 8.78 Å². The molecule has 0 heterocycles. The molecule has 1 rings (SSSR count). The normalized spacial score (nSPS) is 12.9. The standard InChI is InChI=1S/C14H22F2N2O/c15-14(16)12-6-4-5-11(9-12)13(10-17)18-7-2-1-3-8-19/h4-6,9,13-14,18-19H,1-3,7-8,10,17H2. The number of benzene rings is 1. The molecule has 0 radical (unpaired) electrons. The molecule has 19 heavy (non-hydrogen) atoms. The van der Waals surface area contributed by atoms with Crippen molar-refractivity contribution >= 4 is 0 Å². The minimum Gasteiger partial charge on any atom is -0.396 e. The average molecular weight is 272 g/mol. The Bertz CT molecular complexity index is 361. The van der Waals surface area contributed by atoms with Crippen molar-refractivity contribution in [1.29, 1.82) is 0 Å². The molecule has 1 aromatic carbocycles. The third kappa shape index (κ3) is 5.63. The van der Waals surface area contributed by atoms with E-state index in [-0.39, 0.29) is 18.2 Å². The number of rotatable bonds is 9. The Morgan fingerprint density at radius 2 is 1.89 bits per heavy atom. The highest BCUT2D eigenvalue weighted by Crippen LogP contribution is 2.22. The van der Waals surface area contributed by atoms with Crippen LogP contribution in [0.3, 0.4) is 0 Å². The second-order valence-electron chi connectivity index (χ2n) is 4.50. The maximum atomic E-state index is 12.6. The summed E-state index contributed by atoms with van der Waals surface area (Å²) in [5.74, 6) is 0. The number of aliphatic hydroxyl groups is 1. The Morgan fingerprint density at radius 1 is 1.16 bits per heavy atom. The molecule has 4 N–H and O–H groups in total. The summed E-state index contributed by atoms with van der Waals surface area (Å²) in [5, 5.41) is 11.9. The van der Waals surface area contributed by atoms with E-state index in [0.717, 1.165) is 31.4 Å². The van der Waals surface area contributed by atoms with Gasteiger partial charge in [0.25, 0.3) is 6.43 Å². The first-order valence-corrected chi connectivity index (χ1v) is 6.61. The Kier molecular flexibility index (Phi) is 7.55. The van der Waals surface area contributed by atoms with Gasteiger partial charge in [-0.1, -0.05) is 18.2 Å². The molecule has 0 fully saturated rings. The van der Waals surface area contributed by atoms with Crippen molar-refractivity contribution < 1.29 is 13.9 Å². The van der Waals surface area contributed by atoms with Gasteiger partial charge in [0.2, 0.25) is 0 Å². The van der Waals surface area contributed by atoms with E-state index in [1.165, 1.54) is 12.1 Å². The van der Waals surface area contributed by atoms with Crippen molar-refractivity contribution in [3.05, 3.63) is 35.4 Å². The number of aliphatic hydroxyl groups excluding tert-OH is 1. The zero-order chi connectivity index (χ0) is 14.1. The monoisotopic (exact) mass is 272 g/mol. The van der Waals surface area contributed by atoms with Crippen molar-refractivity contribution in [2.24, 2.45) is 5.73 Å². The molecule has 0 saturated heterocycles. The van der Waals surface area contributed by atoms with Gasteiger partial charge in [-0.3, -0.25) is 0 Å². The Labute approximate surface area is 112 Å². The molecule has 1 unspecified atom stereocenters. The lowest BCUT2D eigenvalue weighted by atomic mass is 10.0. The van der Waals surface area contributed by atoms with E-state index in [2.05, 4.69) is 5.32 Å². The van der Waals surface area contributed by atoms with Crippen LogP contribution in [0.4, 0.5) is 8.78 Å². The van der Waals surface area contributed by atoms with Crippen molar-refractivity contribution in [3.63, 3.8) is 0 Å². The maximum absolute atomic E-state index is 12.6. The molecule has 1 atom stereocenters. The summed E-state index contributed by atoms with van der Waals surface area (Å²) in [6.07, 6.45) is 0.210. The summed E-state index contributed by atoms with van der Waals surface area (Å²) >= 11 is 0.